The minimum atomic E-state index is -0.243. The van der Waals surface area contributed by atoms with Gasteiger partial charge in [-0.3, -0.25) is 9.69 Å². The second-order valence-corrected chi connectivity index (χ2v) is 8.06. The average molecular weight is 422 g/mol. The fourth-order valence-electron chi connectivity index (χ4n) is 3.93. The molecule has 2 aromatic rings. The Kier molecular flexibility index (Phi) is 5.76. The van der Waals surface area contributed by atoms with Gasteiger partial charge in [0.15, 0.2) is 0 Å². The summed E-state index contributed by atoms with van der Waals surface area (Å²) in [5.41, 5.74) is 2.85. The predicted octanol–water partition coefficient (Wildman–Crippen LogP) is 4.23. The lowest BCUT2D eigenvalue weighted by atomic mass is 10.1. The van der Waals surface area contributed by atoms with Gasteiger partial charge in [0.2, 0.25) is 5.91 Å². The first-order valence-corrected chi connectivity index (χ1v) is 10.3. The molecule has 0 bridgehead atoms. The van der Waals surface area contributed by atoms with Gasteiger partial charge in [-0.05, 0) is 48.4 Å². The first-order chi connectivity index (χ1) is 13.5. The molecular formula is C21H22Cl2FN3O. The van der Waals surface area contributed by atoms with Gasteiger partial charge in [0.1, 0.15) is 5.82 Å². The molecule has 28 heavy (non-hydrogen) atoms. The molecule has 2 aromatic carbocycles. The number of hydrogen-bond acceptors (Lipinski definition) is 3. The maximum atomic E-state index is 13.3. The van der Waals surface area contributed by atoms with Crippen LogP contribution in [0.1, 0.15) is 12.0 Å². The van der Waals surface area contributed by atoms with Crippen LogP contribution in [0.5, 0.6) is 0 Å². The summed E-state index contributed by atoms with van der Waals surface area (Å²) in [4.78, 5) is 19.0. The number of carbonyl (C=O) groups is 1. The second kappa shape index (κ2) is 8.27. The van der Waals surface area contributed by atoms with Crippen molar-refractivity contribution in [2.45, 2.75) is 12.8 Å². The fourth-order valence-corrected chi connectivity index (χ4v) is 4.22. The minimum absolute atomic E-state index is 0.109. The van der Waals surface area contributed by atoms with Crippen LogP contribution in [0.15, 0.2) is 36.4 Å². The van der Waals surface area contributed by atoms with Crippen LogP contribution >= 0.6 is 23.2 Å². The highest BCUT2D eigenvalue weighted by atomic mass is 35.5. The first-order valence-electron chi connectivity index (χ1n) is 9.52. The number of piperazine rings is 1. The van der Waals surface area contributed by atoms with E-state index in [4.69, 9.17) is 23.2 Å². The number of benzene rings is 2. The van der Waals surface area contributed by atoms with Crippen LogP contribution in [0.3, 0.4) is 0 Å². The normalized spacial score (nSPS) is 17.1. The second-order valence-electron chi connectivity index (χ2n) is 7.25. The summed E-state index contributed by atoms with van der Waals surface area (Å²) in [6.07, 6.45) is 1.20. The van der Waals surface area contributed by atoms with E-state index in [0.717, 1.165) is 56.1 Å². The van der Waals surface area contributed by atoms with Gasteiger partial charge in [-0.15, -0.1) is 0 Å². The fraction of sp³-hybridized carbons (Fsp3) is 0.381. The molecule has 0 unspecified atom stereocenters. The van der Waals surface area contributed by atoms with E-state index in [1.165, 1.54) is 12.1 Å². The Morgan fingerprint density at radius 1 is 0.964 bits per heavy atom. The molecule has 0 aliphatic carbocycles. The lowest BCUT2D eigenvalue weighted by Gasteiger charge is -2.36. The summed E-state index contributed by atoms with van der Waals surface area (Å²) in [5.74, 6) is -0.134. The molecule has 0 N–H and O–H groups in total. The van der Waals surface area contributed by atoms with E-state index in [-0.39, 0.29) is 11.7 Å². The summed E-state index contributed by atoms with van der Waals surface area (Å²) >= 11 is 12.1. The van der Waals surface area contributed by atoms with Crippen LogP contribution in [0.4, 0.5) is 15.8 Å². The Morgan fingerprint density at radius 3 is 2.50 bits per heavy atom. The maximum absolute atomic E-state index is 13.3. The van der Waals surface area contributed by atoms with E-state index in [2.05, 4.69) is 9.80 Å². The van der Waals surface area contributed by atoms with Gasteiger partial charge >= 0.3 is 0 Å². The van der Waals surface area contributed by atoms with Crippen molar-refractivity contribution in [1.82, 2.24) is 4.90 Å². The molecule has 0 spiro atoms. The molecule has 0 atom stereocenters. The predicted molar refractivity (Wildman–Crippen MR) is 112 cm³/mol. The highest BCUT2D eigenvalue weighted by Gasteiger charge is 2.26. The maximum Gasteiger partial charge on any atom is 0.228 e. The Morgan fingerprint density at radius 2 is 1.75 bits per heavy atom. The summed E-state index contributed by atoms with van der Waals surface area (Å²) in [5, 5.41) is 1.13. The quantitative estimate of drug-likeness (QED) is 0.738. The lowest BCUT2D eigenvalue weighted by molar-refractivity contribution is -0.118. The van der Waals surface area contributed by atoms with Crippen molar-refractivity contribution in [3.8, 4) is 0 Å². The van der Waals surface area contributed by atoms with E-state index in [1.807, 2.05) is 18.2 Å². The standard InChI is InChI=1S/C21H22Cl2FN3O/c22-18-3-2-17(14-19(18)23)26-11-9-25(10-12-26)7-6-21(28)27-8-5-15-13-16(24)1-4-20(15)27/h1-4,13-14H,5-12H2. The van der Waals surface area contributed by atoms with Crippen LogP contribution in [-0.4, -0.2) is 50.1 Å². The number of rotatable bonds is 4. The van der Waals surface area contributed by atoms with E-state index < -0.39 is 0 Å². The number of anilines is 2. The molecule has 7 heteroatoms. The number of fused-ring (bicyclic) bond motifs is 1. The Hall–Kier alpha value is -1.82. The van der Waals surface area contributed by atoms with Crippen LogP contribution < -0.4 is 9.80 Å². The molecule has 0 aromatic heterocycles. The molecule has 2 heterocycles. The Balaban J connectivity index is 1.28. The van der Waals surface area contributed by atoms with Gasteiger partial charge < -0.3 is 9.80 Å². The van der Waals surface area contributed by atoms with E-state index in [9.17, 15) is 9.18 Å². The zero-order valence-electron chi connectivity index (χ0n) is 15.5. The van der Waals surface area contributed by atoms with Crippen LogP contribution in [0.2, 0.25) is 10.0 Å². The topological polar surface area (TPSA) is 26.8 Å². The van der Waals surface area contributed by atoms with Crippen molar-refractivity contribution in [2.75, 3.05) is 49.1 Å². The van der Waals surface area contributed by atoms with Crippen molar-refractivity contribution < 1.29 is 9.18 Å². The van der Waals surface area contributed by atoms with Gasteiger partial charge in [0.05, 0.1) is 10.0 Å². The van der Waals surface area contributed by atoms with Gasteiger partial charge in [0.25, 0.3) is 0 Å². The van der Waals surface area contributed by atoms with Gasteiger partial charge in [-0.2, -0.15) is 0 Å². The third-order valence-electron chi connectivity index (χ3n) is 5.52. The highest BCUT2D eigenvalue weighted by molar-refractivity contribution is 6.42. The molecule has 2 aliphatic heterocycles. The first kappa shape index (κ1) is 19.5. The number of halogens is 3. The van der Waals surface area contributed by atoms with Gasteiger partial charge in [-0.1, -0.05) is 23.2 Å². The number of hydrogen-bond donors (Lipinski definition) is 0. The Labute approximate surface area is 174 Å². The third kappa shape index (κ3) is 4.12. The lowest BCUT2D eigenvalue weighted by Crippen LogP contribution is -2.47. The third-order valence-corrected chi connectivity index (χ3v) is 6.26. The van der Waals surface area contributed by atoms with Gasteiger partial charge in [0, 0.05) is 57.1 Å². The zero-order chi connectivity index (χ0) is 19.7. The van der Waals surface area contributed by atoms with Gasteiger partial charge in [-0.25, -0.2) is 4.39 Å². The van der Waals surface area contributed by atoms with Crippen LogP contribution in [-0.2, 0) is 11.2 Å². The molecule has 1 fully saturated rings. The monoisotopic (exact) mass is 421 g/mol. The number of amides is 1. The zero-order valence-corrected chi connectivity index (χ0v) is 17.0. The van der Waals surface area contributed by atoms with Crippen molar-refractivity contribution >= 4 is 40.5 Å². The molecule has 1 amide bonds. The van der Waals surface area contributed by atoms with Crippen LogP contribution in [0.25, 0.3) is 0 Å². The largest absolute Gasteiger partial charge is 0.369 e. The molecule has 4 rings (SSSR count). The van der Waals surface area contributed by atoms with Crippen molar-refractivity contribution in [2.24, 2.45) is 0 Å². The molecule has 2 aliphatic rings. The average Bonchev–Trinajstić information content (AvgIpc) is 3.12. The molecule has 148 valence electrons. The minimum Gasteiger partial charge on any atom is -0.369 e. The molecule has 1 saturated heterocycles. The number of nitrogens with zero attached hydrogens (tertiary/aromatic N) is 3. The Bertz CT molecular complexity index is 884. The summed E-state index contributed by atoms with van der Waals surface area (Å²) < 4.78 is 13.3. The molecular weight excluding hydrogens is 400 g/mol. The van der Waals surface area contributed by atoms with Crippen molar-refractivity contribution in [3.05, 3.63) is 57.8 Å². The van der Waals surface area contributed by atoms with E-state index in [1.54, 1.807) is 11.0 Å². The molecule has 4 nitrogen and oxygen atoms in total. The van der Waals surface area contributed by atoms with Crippen molar-refractivity contribution in [1.29, 1.82) is 0 Å². The highest BCUT2D eigenvalue weighted by Crippen LogP contribution is 2.30. The summed E-state index contributed by atoms with van der Waals surface area (Å²) in [6.45, 7) is 4.95. The molecule has 0 saturated carbocycles. The summed E-state index contributed by atoms with van der Waals surface area (Å²) in [7, 11) is 0. The van der Waals surface area contributed by atoms with E-state index >= 15 is 0 Å². The SMILES string of the molecule is O=C(CCN1CCN(c2ccc(Cl)c(Cl)c2)CC1)N1CCc2cc(F)ccc21. The smallest absolute Gasteiger partial charge is 0.228 e. The summed E-state index contributed by atoms with van der Waals surface area (Å²) in [6, 6.07) is 10.4. The number of carbonyl (C=O) groups excluding carboxylic acids is 1. The van der Waals surface area contributed by atoms with Crippen LogP contribution in [0, 0.1) is 5.82 Å². The molecule has 0 radical (unpaired) electrons. The van der Waals surface area contributed by atoms with Crippen molar-refractivity contribution in [3.63, 3.8) is 0 Å². The van der Waals surface area contributed by atoms with E-state index in [0.29, 0.717) is 23.0 Å².